The largest absolute Gasteiger partial charge is 0.503 e. The third-order valence-corrected chi connectivity index (χ3v) is 16.9. The molecule has 5 heteroatoms. The molecule has 0 N–H and O–H groups in total. The minimum atomic E-state index is -0.261. The highest BCUT2D eigenvalue weighted by Crippen LogP contribution is 2.47. The van der Waals surface area contributed by atoms with Crippen molar-refractivity contribution in [2.45, 2.75) is 52.4 Å². The fourth-order valence-electron chi connectivity index (χ4n) is 12.7. The van der Waals surface area contributed by atoms with Crippen molar-refractivity contribution in [1.82, 2.24) is 18.7 Å². The lowest BCUT2D eigenvalue weighted by atomic mass is 9.35. The molecule has 0 spiro atoms. The highest BCUT2D eigenvalue weighted by atomic mass is 15.2. The zero-order valence-corrected chi connectivity index (χ0v) is 47.8. The van der Waals surface area contributed by atoms with Gasteiger partial charge >= 0.3 is 11.7 Å². The highest BCUT2D eigenvalue weighted by molar-refractivity contribution is 6.97. The summed E-state index contributed by atoms with van der Waals surface area (Å²) >= 11 is 0. The first kappa shape index (κ1) is 51.2. The van der Waals surface area contributed by atoms with Crippen LogP contribution in [-0.2, 0) is 10.8 Å². The third-order valence-electron chi connectivity index (χ3n) is 16.9. The average Bonchev–Trinajstić information content (AvgIpc) is 3.64. The van der Waals surface area contributed by atoms with E-state index >= 15 is 0 Å². The molecule has 11 aromatic carbocycles. The van der Waals surface area contributed by atoms with E-state index in [2.05, 4.69) is 322 Å². The van der Waals surface area contributed by atoms with Gasteiger partial charge in [-0.15, -0.1) is 0 Å². The van der Waals surface area contributed by atoms with E-state index in [1.165, 1.54) is 60.5 Å². The number of rotatable bonds is 10. The Kier molecular flexibility index (Phi) is 12.7. The van der Waals surface area contributed by atoms with Crippen molar-refractivity contribution in [3.05, 3.63) is 284 Å². The number of hydrogen-bond donors (Lipinski definition) is 0. The van der Waals surface area contributed by atoms with Gasteiger partial charge in [0.15, 0.2) is 0 Å². The smallest absolute Gasteiger partial charge is 0.294 e. The Labute approximate surface area is 487 Å². The van der Waals surface area contributed by atoms with Crippen LogP contribution in [0.3, 0.4) is 0 Å². The maximum absolute atomic E-state index is 4.98. The van der Waals surface area contributed by atoms with Crippen LogP contribution < -0.4 is 25.5 Å². The quantitative estimate of drug-likeness (QED) is 0.0989. The van der Waals surface area contributed by atoms with Gasteiger partial charge in [0.05, 0.1) is 27.5 Å². The number of nitrogens with zero attached hydrogens (tertiary/aromatic N) is 4. The molecule has 0 atom stereocenters. The second-order valence-corrected chi connectivity index (χ2v) is 24.1. The van der Waals surface area contributed by atoms with Gasteiger partial charge in [0, 0.05) is 35.2 Å². The van der Waals surface area contributed by atoms with Gasteiger partial charge in [-0.3, -0.25) is 4.57 Å². The van der Waals surface area contributed by atoms with E-state index in [-0.39, 0.29) is 17.5 Å². The molecule has 0 saturated carbocycles. The second kappa shape index (κ2) is 20.6. The third kappa shape index (κ3) is 9.21. The van der Waals surface area contributed by atoms with E-state index < -0.39 is 0 Å². The van der Waals surface area contributed by atoms with E-state index in [4.69, 9.17) is 4.98 Å². The van der Waals surface area contributed by atoms with Gasteiger partial charge in [-0.1, -0.05) is 258 Å². The Bertz CT molecular complexity index is 4560. The predicted octanol–water partition coefficient (Wildman–Crippen LogP) is 18.0. The molecule has 3 heterocycles. The van der Waals surface area contributed by atoms with Crippen molar-refractivity contribution in [2.24, 2.45) is 0 Å². The van der Waals surface area contributed by atoms with Gasteiger partial charge in [-0.25, -0.2) is 4.98 Å². The number of fused-ring (bicyclic) bond motifs is 6. The molecular weight excluding hydrogens is 1000 g/mol. The SMILES string of the molecule is CC(C)(C)c1ccc(-c2cccc(-c3ccc(C(C)(C)C)cc3)c2B(c2cccc([N+]3=C=[N+](c4c(-c5ccccc5)cccc4-c4ccccc4)c4c3ccc3ccccc43)c2)c2ccc3c4ccccc4n(-c4ccccn4)c3c2)cc1. The Morgan fingerprint density at radius 1 is 0.386 bits per heavy atom. The monoisotopic (exact) mass is 1070 g/mol. The molecule has 2 aromatic heterocycles. The van der Waals surface area contributed by atoms with Crippen LogP contribution in [0.1, 0.15) is 52.7 Å². The van der Waals surface area contributed by atoms with Crippen molar-refractivity contribution in [2.75, 3.05) is 0 Å². The van der Waals surface area contributed by atoms with Crippen LogP contribution in [0.2, 0.25) is 0 Å². The fraction of sp³-hybridized carbons (Fsp3) is 0.103. The van der Waals surface area contributed by atoms with Gasteiger partial charge in [-0.2, -0.15) is 0 Å². The van der Waals surface area contributed by atoms with Gasteiger partial charge in [0.2, 0.25) is 18.1 Å². The number of para-hydroxylation sites is 2. The van der Waals surface area contributed by atoms with Crippen LogP contribution in [0.25, 0.3) is 82.9 Å². The molecule has 0 saturated heterocycles. The number of pyridine rings is 1. The molecule has 13 aromatic rings. The first-order valence-electron chi connectivity index (χ1n) is 29.0. The number of aromatic nitrogens is 2. The maximum atomic E-state index is 4.98. The highest BCUT2D eigenvalue weighted by Gasteiger charge is 2.42. The summed E-state index contributed by atoms with van der Waals surface area (Å²) in [6.07, 6.45) is 1.89. The summed E-state index contributed by atoms with van der Waals surface area (Å²) in [6.45, 7) is 13.5. The van der Waals surface area contributed by atoms with Gasteiger partial charge in [0.1, 0.15) is 5.82 Å². The van der Waals surface area contributed by atoms with Gasteiger partial charge in [-0.05, 0) is 118 Å². The minimum absolute atomic E-state index is 0.000700. The van der Waals surface area contributed by atoms with E-state index in [1.807, 2.05) is 12.3 Å². The Morgan fingerprint density at radius 3 is 1.53 bits per heavy atom. The first-order chi connectivity index (χ1) is 40.5. The standard InChI is InChI=1S/C78H63BN4/c1-77(2,3)58-42-37-56(38-43-58)63-31-20-32-64(57-39-44-59(45-40-57)78(4,5)6)74(63)79(61-46-47-69-68-30-15-16-35-70(68)83(72(69)51-61)73-36-17-18-49-80-73)60-27-19-28-62(50-60)81-52-82(76-67-29-14-13-26-55(67)41-48-71(76)81)75-65(53-22-9-7-10-23-53)33-21-34-66(75)54-24-11-8-12-25-54/h7-51H,1-6H3/q+2. The Hall–Kier alpha value is -9.93. The molecule has 396 valence electrons. The first-order valence-corrected chi connectivity index (χ1v) is 29.0. The number of benzene rings is 11. The zero-order valence-electron chi connectivity index (χ0n) is 47.8. The van der Waals surface area contributed by atoms with Gasteiger partial charge < -0.3 is 0 Å². The van der Waals surface area contributed by atoms with E-state index in [0.717, 1.165) is 72.7 Å². The summed E-state index contributed by atoms with van der Waals surface area (Å²) in [5, 5.41) is 4.70. The summed E-state index contributed by atoms with van der Waals surface area (Å²) in [5.41, 5.74) is 21.9. The topological polar surface area (TPSA) is 23.8 Å². The van der Waals surface area contributed by atoms with Crippen molar-refractivity contribution >= 4 is 84.4 Å². The molecule has 0 bridgehead atoms. The van der Waals surface area contributed by atoms with Crippen LogP contribution in [0.4, 0.5) is 22.7 Å². The van der Waals surface area contributed by atoms with Crippen molar-refractivity contribution in [1.29, 1.82) is 0 Å². The molecule has 0 radical (unpaired) electrons. The Balaban J connectivity index is 1.07. The predicted molar refractivity (Wildman–Crippen MR) is 354 cm³/mol. The summed E-state index contributed by atoms with van der Waals surface area (Å²) in [5.74, 6) is 0.883. The molecule has 83 heavy (non-hydrogen) atoms. The van der Waals surface area contributed by atoms with Crippen molar-refractivity contribution < 1.29 is 0 Å². The van der Waals surface area contributed by atoms with Crippen molar-refractivity contribution in [3.63, 3.8) is 0 Å². The molecule has 4 nitrogen and oxygen atoms in total. The fourth-order valence-corrected chi connectivity index (χ4v) is 12.7. The van der Waals surface area contributed by atoms with Crippen LogP contribution in [0.15, 0.2) is 273 Å². The molecule has 1 aliphatic rings. The minimum Gasteiger partial charge on any atom is -0.294 e. The molecule has 0 unspecified atom stereocenters. The van der Waals surface area contributed by atoms with Crippen LogP contribution in [0, 0.1) is 0 Å². The van der Waals surface area contributed by atoms with E-state index in [9.17, 15) is 0 Å². The van der Waals surface area contributed by atoms with E-state index in [0.29, 0.717) is 0 Å². The second-order valence-electron chi connectivity index (χ2n) is 24.1. The van der Waals surface area contributed by atoms with Gasteiger partial charge in [0.25, 0.3) is 5.69 Å². The molecule has 14 rings (SSSR count). The molecule has 1 aliphatic heterocycles. The van der Waals surface area contributed by atoms with E-state index in [1.54, 1.807) is 0 Å². The van der Waals surface area contributed by atoms with Crippen LogP contribution >= 0.6 is 0 Å². The summed E-state index contributed by atoms with van der Waals surface area (Å²) < 4.78 is 6.98. The maximum Gasteiger partial charge on any atom is 0.503 e. The molecule has 0 amide bonds. The lowest BCUT2D eigenvalue weighted by Gasteiger charge is -2.25. The molecule has 0 aliphatic carbocycles. The average molecular weight is 1070 g/mol. The zero-order chi connectivity index (χ0) is 56.4. The lowest BCUT2D eigenvalue weighted by Crippen LogP contribution is -2.53. The summed E-state index contributed by atoms with van der Waals surface area (Å²) in [7, 11) is 0. The van der Waals surface area contributed by atoms with Crippen molar-refractivity contribution in [3.8, 4) is 50.3 Å². The van der Waals surface area contributed by atoms with Crippen LogP contribution in [0.5, 0.6) is 0 Å². The molecular formula is C78H63BN4+2. The summed E-state index contributed by atoms with van der Waals surface area (Å²) in [6, 6.07) is 103. The number of hydrogen-bond acceptors (Lipinski definition) is 1. The normalized spacial score (nSPS) is 12.4. The lowest BCUT2D eigenvalue weighted by molar-refractivity contribution is 0.590. The summed E-state index contributed by atoms with van der Waals surface area (Å²) in [4.78, 5) is 4.98. The Morgan fingerprint density at radius 2 is 0.916 bits per heavy atom. The van der Waals surface area contributed by atoms with Crippen LogP contribution in [-0.4, -0.2) is 22.3 Å². The molecule has 0 fully saturated rings.